The third-order valence-electron chi connectivity index (χ3n) is 3.73. The first-order valence-corrected chi connectivity index (χ1v) is 8.41. The number of ether oxygens (including phenoxy) is 2. The van der Waals surface area contributed by atoms with E-state index in [0.29, 0.717) is 11.3 Å². The molecule has 0 saturated carbocycles. The lowest BCUT2D eigenvalue weighted by Gasteiger charge is -2.11. The molecule has 2 aromatic rings. The van der Waals surface area contributed by atoms with Crippen molar-refractivity contribution < 1.29 is 14.3 Å². The Labute approximate surface area is 154 Å². The summed E-state index contributed by atoms with van der Waals surface area (Å²) in [6.07, 6.45) is 1.72. The van der Waals surface area contributed by atoms with E-state index in [-0.39, 0.29) is 11.6 Å². The van der Waals surface area contributed by atoms with Gasteiger partial charge in [0.25, 0.3) is 0 Å². The average Bonchev–Trinajstić information content (AvgIpc) is 2.96. The fourth-order valence-corrected chi connectivity index (χ4v) is 2.90. The number of hydrogen-bond donors (Lipinski definition) is 0. The van der Waals surface area contributed by atoms with Crippen LogP contribution in [0.15, 0.2) is 57.6 Å². The molecular weight excluding hydrogens is 384 g/mol. The molecular formula is C19H17BrN2O3. The van der Waals surface area contributed by atoms with Crippen molar-refractivity contribution in [3.8, 4) is 5.75 Å². The zero-order valence-electron chi connectivity index (χ0n) is 14.1. The lowest BCUT2D eigenvalue weighted by atomic mass is 10.1. The van der Waals surface area contributed by atoms with Crippen LogP contribution in [0.3, 0.4) is 0 Å². The number of rotatable bonds is 4. The van der Waals surface area contributed by atoms with Gasteiger partial charge in [0.15, 0.2) is 5.70 Å². The molecule has 0 amide bonds. The van der Waals surface area contributed by atoms with Crippen molar-refractivity contribution in [2.45, 2.75) is 0 Å². The average molecular weight is 401 g/mol. The number of methoxy groups -OCH3 is 1. The first-order valence-electron chi connectivity index (χ1n) is 7.62. The minimum absolute atomic E-state index is 0.277. The summed E-state index contributed by atoms with van der Waals surface area (Å²) in [6.45, 7) is 0. The van der Waals surface area contributed by atoms with Gasteiger partial charge in [-0.15, -0.1) is 0 Å². The molecule has 0 radical (unpaired) electrons. The Bertz CT molecular complexity index is 871. The van der Waals surface area contributed by atoms with Crippen molar-refractivity contribution in [2.24, 2.45) is 4.99 Å². The molecule has 0 aromatic heterocycles. The van der Waals surface area contributed by atoms with Gasteiger partial charge in [0.2, 0.25) is 5.90 Å². The van der Waals surface area contributed by atoms with Crippen LogP contribution in [-0.4, -0.2) is 33.1 Å². The predicted octanol–water partition coefficient (Wildman–Crippen LogP) is 3.87. The van der Waals surface area contributed by atoms with Crippen LogP contribution >= 0.6 is 15.9 Å². The van der Waals surface area contributed by atoms with Crippen LogP contribution in [0.5, 0.6) is 5.75 Å². The van der Waals surface area contributed by atoms with E-state index >= 15 is 0 Å². The normalized spacial score (nSPS) is 15.1. The van der Waals surface area contributed by atoms with E-state index in [2.05, 4.69) is 20.9 Å². The minimum Gasteiger partial charge on any atom is -0.496 e. The van der Waals surface area contributed by atoms with Gasteiger partial charge in [-0.1, -0.05) is 12.1 Å². The van der Waals surface area contributed by atoms with E-state index in [1.807, 2.05) is 43.3 Å². The highest BCUT2D eigenvalue weighted by atomic mass is 79.9. The van der Waals surface area contributed by atoms with Crippen molar-refractivity contribution in [1.82, 2.24) is 0 Å². The number of halogens is 1. The van der Waals surface area contributed by atoms with E-state index in [4.69, 9.17) is 9.47 Å². The molecule has 0 bridgehead atoms. The molecule has 5 nitrogen and oxygen atoms in total. The molecule has 1 aliphatic heterocycles. The molecule has 0 atom stereocenters. The van der Waals surface area contributed by atoms with Gasteiger partial charge in [0, 0.05) is 25.3 Å². The van der Waals surface area contributed by atoms with Crippen LogP contribution in [0, 0.1) is 0 Å². The van der Waals surface area contributed by atoms with Gasteiger partial charge in [0.05, 0.1) is 11.6 Å². The number of aliphatic imine (C=N–C) groups is 1. The summed E-state index contributed by atoms with van der Waals surface area (Å²) in [5.41, 5.74) is 2.95. The number of benzene rings is 2. The second-order valence-corrected chi connectivity index (χ2v) is 6.53. The summed E-state index contributed by atoms with van der Waals surface area (Å²) in [5.74, 6) is 0.522. The van der Waals surface area contributed by atoms with Gasteiger partial charge >= 0.3 is 5.97 Å². The molecule has 2 aromatic carbocycles. The highest BCUT2D eigenvalue weighted by molar-refractivity contribution is 9.10. The topological polar surface area (TPSA) is 51.1 Å². The Hall–Kier alpha value is -2.60. The Kier molecular flexibility index (Phi) is 4.90. The largest absolute Gasteiger partial charge is 0.496 e. The maximum atomic E-state index is 12.1. The fourth-order valence-electron chi connectivity index (χ4n) is 2.36. The molecule has 1 aliphatic rings. The second kappa shape index (κ2) is 7.11. The lowest BCUT2D eigenvalue weighted by Crippen LogP contribution is -2.08. The van der Waals surface area contributed by atoms with Crippen molar-refractivity contribution in [1.29, 1.82) is 0 Å². The molecule has 0 spiro atoms. The Morgan fingerprint density at radius 2 is 1.88 bits per heavy atom. The molecule has 0 fully saturated rings. The number of anilines is 1. The Balaban J connectivity index is 1.88. The summed E-state index contributed by atoms with van der Waals surface area (Å²) < 4.78 is 11.3. The zero-order chi connectivity index (χ0) is 18.0. The van der Waals surface area contributed by atoms with Crippen LogP contribution in [0.25, 0.3) is 6.08 Å². The van der Waals surface area contributed by atoms with Crippen LogP contribution in [-0.2, 0) is 9.53 Å². The summed E-state index contributed by atoms with van der Waals surface area (Å²) >= 11 is 3.42. The number of nitrogens with zero attached hydrogens (tertiary/aromatic N) is 2. The molecule has 128 valence electrons. The lowest BCUT2D eigenvalue weighted by molar-refractivity contribution is -0.129. The molecule has 1 heterocycles. The van der Waals surface area contributed by atoms with E-state index in [1.54, 1.807) is 31.4 Å². The van der Waals surface area contributed by atoms with E-state index in [9.17, 15) is 4.79 Å². The monoisotopic (exact) mass is 400 g/mol. The van der Waals surface area contributed by atoms with E-state index < -0.39 is 5.97 Å². The first-order chi connectivity index (χ1) is 12.0. The zero-order valence-corrected chi connectivity index (χ0v) is 15.7. The van der Waals surface area contributed by atoms with Gasteiger partial charge in [-0.05, 0) is 57.9 Å². The molecule has 3 rings (SSSR count). The van der Waals surface area contributed by atoms with Gasteiger partial charge in [-0.25, -0.2) is 9.79 Å². The number of carbonyl (C=O) groups is 1. The van der Waals surface area contributed by atoms with Crippen molar-refractivity contribution in [2.75, 3.05) is 26.1 Å². The molecule has 0 aliphatic carbocycles. The number of hydrogen-bond acceptors (Lipinski definition) is 5. The predicted molar refractivity (Wildman–Crippen MR) is 102 cm³/mol. The fraction of sp³-hybridized carbons (Fsp3) is 0.158. The molecule has 0 unspecified atom stereocenters. The molecule has 0 N–H and O–H groups in total. The number of esters is 1. The quantitative estimate of drug-likeness (QED) is 0.577. The Morgan fingerprint density at radius 3 is 2.48 bits per heavy atom. The molecule has 0 saturated heterocycles. The highest BCUT2D eigenvalue weighted by Crippen LogP contribution is 2.28. The van der Waals surface area contributed by atoms with Crippen LogP contribution in [0.4, 0.5) is 5.69 Å². The summed E-state index contributed by atoms with van der Waals surface area (Å²) in [4.78, 5) is 18.4. The first kappa shape index (κ1) is 17.2. The van der Waals surface area contributed by atoms with Gasteiger partial charge in [0.1, 0.15) is 5.75 Å². The van der Waals surface area contributed by atoms with Gasteiger partial charge in [-0.2, -0.15) is 0 Å². The SMILES string of the molecule is COc1ccc(C2=N/C(=C\c3ccc(N(C)C)cc3)C(=O)O2)cc1Br. The standard InChI is InChI=1S/C19H17BrN2O3/c1-22(2)14-7-4-12(5-8-14)10-16-19(23)25-18(21-16)13-6-9-17(24-3)15(20)11-13/h4-11H,1-3H3/b16-10-. The third-order valence-corrected chi connectivity index (χ3v) is 4.35. The van der Waals surface area contributed by atoms with Crippen molar-refractivity contribution in [3.63, 3.8) is 0 Å². The Morgan fingerprint density at radius 1 is 1.16 bits per heavy atom. The van der Waals surface area contributed by atoms with Crippen LogP contribution in [0.1, 0.15) is 11.1 Å². The number of cyclic esters (lactones) is 1. The minimum atomic E-state index is -0.460. The third kappa shape index (κ3) is 3.74. The molecule has 6 heteroatoms. The van der Waals surface area contributed by atoms with Crippen LogP contribution in [0.2, 0.25) is 0 Å². The second-order valence-electron chi connectivity index (χ2n) is 5.67. The highest BCUT2D eigenvalue weighted by Gasteiger charge is 2.24. The summed E-state index contributed by atoms with van der Waals surface area (Å²) in [5, 5.41) is 0. The van der Waals surface area contributed by atoms with Crippen molar-refractivity contribution in [3.05, 3.63) is 63.8 Å². The smallest absolute Gasteiger partial charge is 0.363 e. The summed E-state index contributed by atoms with van der Waals surface area (Å²) in [7, 11) is 5.55. The number of carbonyl (C=O) groups excluding carboxylic acids is 1. The van der Waals surface area contributed by atoms with Crippen LogP contribution < -0.4 is 9.64 Å². The maximum Gasteiger partial charge on any atom is 0.363 e. The van der Waals surface area contributed by atoms with E-state index in [1.165, 1.54) is 0 Å². The van der Waals surface area contributed by atoms with Gasteiger partial charge in [-0.3, -0.25) is 0 Å². The molecule has 25 heavy (non-hydrogen) atoms. The van der Waals surface area contributed by atoms with Crippen molar-refractivity contribution >= 4 is 39.6 Å². The summed E-state index contributed by atoms with van der Waals surface area (Å²) in [6, 6.07) is 13.2. The maximum absolute atomic E-state index is 12.1. The van der Waals surface area contributed by atoms with Gasteiger partial charge < -0.3 is 14.4 Å². The van der Waals surface area contributed by atoms with E-state index in [0.717, 1.165) is 15.7 Å².